The summed E-state index contributed by atoms with van der Waals surface area (Å²) in [5.74, 6) is 0.727. The Bertz CT molecular complexity index is 1070. The van der Waals surface area contributed by atoms with Crippen molar-refractivity contribution in [2.75, 3.05) is 26.2 Å². The van der Waals surface area contributed by atoms with Gasteiger partial charge in [-0.25, -0.2) is 0 Å². The van der Waals surface area contributed by atoms with Gasteiger partial charge in [0.1, 0.15) is 12.7 Å². The van der Waals surface area contributed by atoms with Crippen molar-refractivity contribution in [3.63, 3.8) is 0 Å². The second-order valence-electron chi connectivity index (χ2n) is 8.11. The Hall–Kier alpha value is -3.03. The number of benzene rings is 1. The summed E-state index contributed by atoms with van der Waals surface area (Å²) in [4.78, 5) is 10.2. The summed E-state index contributed by atoms with van der Waals surface area (Å²) in [7, 11) is 0. The number of fused-ring (bicyclic) bond motifs is 1. The fourth-order valence-electron chi connectivity index (χ4n) is 4.35. The minimum atomic E-state index is 0.727. The van der Waals surface area contributed by atoms with E-state index in [2.05, 4.69) is 60.8 Å². The molecule has 2 N–H and O–H groups in total. The van der Waals surface area contributed by atoms with Crippen LogP contribution in [0.15, 0.2) is 61.6 Å². The van der Waals surface area contributed by atoms with E-state index in [1.165, 1.54) is 41.5 Å². The Balaban J connectivity index is 1.14. The maximum atomic E-state index is 4.18. The van der Waals surface area contributed by atoms with Gasteiger partial charge in [0, 0.05) is 54.8 Å². The van der Waals surface area contributed by atoms with Crippen LogP contribution in [-0.2, 0) is 13.0 Å². The third-order valence-corrected chi connectivity index (χ3v) is 6.02. The number of hydrogen-bond acceptors (Lipinski definition) is 5. The molecule has 154 valence electrons. The third kappa shape index (κ3) is 4.27. The van der Waals surface area contributed by atoms with Crippen molar-refractivity contribution in [2.24, 2.45) is 5.92 Å². The molecule has 0 spiro atoms. The van der Waals surface area contributed by atoms with E-state index in [-0.39, 0.29) is 0 Å². The number of likely N-dealkylation sites (tertiary alicyclic amines) is 1. The van der Waals surface area contributed by atoms with Crippen LogP contribution in [0.4, 0.5) is 0 Å². The number of pyridine rings is 1. The van der Waals surface area contributed by atoms with Crippen molar-refractivity contribution in [2.45, 2.75) is 19.4 Å². The fourth-order valence-corrected chi connectivity index (χ4v) is 4.35. The van der Waals surface area contributed by atoms with Gasteiger partial charge >= 0.3 is 0 Å². The Kier molecular flexibility index (Phi) is 5.54. The summed E-state index contributed by atoms with van der Waals surface area (Å²) < 4.78 is 1.94. The van der Waals surface area contributed by atoms with E-state index in [0.29, 0.717) is 0 Å². The molecule has 4 heterocycles. The first-order chi connectivity index (χ1) is 14.8. The Morgan fingerprint density at radius 3 is 2.97 bits per heavy atom. The average Bonchev–Trinajstić information content (AvgIpc) is 3.54. The molecule has 3 aromatic heterocycles. The van der Waals surface area contributed by atoms with Crippen molar-refractivity contribution in [3.8, 4) is 5.69 Å². The molecule has 0 saturated carbocycles. The zero-order valence-electron chi connectivity index (χ0n) is 17.0. The standard InChI is InChI=1S/C23H27N7/c1-2-18(11-24-7-1)12-25-13-19-5-8-29(15-19)9-6-20-14-26-23-4-3-21(10-22(20)23)30-16-27-28-17-30/h1-4,7,10-11,14,16-17,19,25-26H,5-6,8-9,12-13,15H2/t19-/m0/s1. The van der Waals surface area contributed by atoms with Crippen molar-refractivity contribution >= 4 is 10.9 Å². The van der Waals surface area contributed by atoms with E-state index < -0.39 is 0 Å². The molecule has 4 aromatic rings. The van der Waals surface area contributed by atoms with Gasteiger partial charge in [-0.2, -0.15) is 0 Å². The molecule has 0 unspecified atom stereocenters. The van der Waals surface area contributed by atoms with E-state index in [9.17, 15) is 0 Å². The van der Waals surface area contributed by atoms with Crippen molar-refractivity contribution in [1.29, 1.82) is 0 Å². The molecule has 1 fully saturated rings. The van der Waals surface area contributed by atoms with Crippen LogP contribution in [0.1, 0.15) is 17.5 Å². The molecule has 0 aliphatic carbocycles. The second kappa shape index (κ2) is 8.77. The molecule has 0 radical (unpaired) electrons. The highest BCUT2D eigenvalue weighted by molar-refractivity contribution is 5.85. The molecule has 0 amide bonds. The molecule has 7 nitrogen and oxygen atoms in total. The highest BCUT2D eigenvalue weighted by atomic mass is 15.2. The van der Waals surface area contributed by atoms with Gasteiger partial charge in [0.2, 0.25) is 0 Å². The van der Waals surface area contributed by atoms with E-state index in [1.54, 1.807) is 12.7 Å². The molecular weight excluding hydrogens is 374 g/mol. The number of H-pyrrole nitrogens is 1. The minimum Gasteiger partial charge on any atom is -0.361 e. The van der Waals surface area contributed by atoms with Crippen LogP contribution < -0.4 is 5.32 Å². The summed E-state index contributed by atoms with van der Waals surface area (Å²) in [6.45, 7) is 5.43. The third-order valence-electron chi connectivity index (χ3n) is 6.02. The van der Waals surface area contributed by atoms with Crippen LogP contribution in [0.5, 0.6) is 0 Å². The molecular formula is C23H27N7. The Morgan fingerprint density at radius 2 is 2.10 bits per heavy atom. The molecule has 0 bridgehead atoms. The van der Waals surface area contributed by atoms with Gasteiger partial charge in [0.15, 0.2) is 0 Å². The first-order valence-electron chi connectivity index (χ1n) is 10.6. The minimum absolute atomic E-state index is 0.727. The molecule has 7 heteroatoms. The van der Waals surface area contributed by atoms with Crippen LogP contribution in [0.2, 0.25) is 0 Å². The van der Waals surface area contributed by atoms with Crippen molar-refractivity contribution in [3.05, 3.63) is 72.7 Å². The maximum absolute atomic E-state index is 4.18. The van der Waals surface area contributed by atoms with Gasteiger partial charge in [0.05, 0.1) is 0 Å². The SMILES string of the molecule is c1cncc(CNC[C@@H]2CCN(CCc3c[nH]c4ccc(-n5cnnc5)cc34)C2)c1. The lowest BCUT2D eigenvalue weighted by Crippen LogP contribution is -2.27. The van der Waals surface area contributed by atoms with Crippen LogP contribution in [0.3, 0.4) is 0 Å². The predicted molar refractivity (Wildman–Crippen MR) is 117 cm³/mol. The topological polar surface area (TPSA) is 74.7 Å². The molecule has 1 aliphatic rings. The number of nitrogens with zero attached hydrogens (tertiary/aromatic N) is 5. The number of hydrogen-bond donors (Lipinski definition) is 2. The van der Waals surface area contributed by atoms with Gasteiger partial charge in [0.25, 0.3) is 0 Å². The number of rotatable bonds is 8. The predicted octanol–water partition coefficient (Wildman–Crippen LogP) is 2.80. The van der Waals surface area contributed by atoms with Crippen LogP contribution in [0, 0.1) is 5.92 Å². The van der Waals surface area contributed by atoms with Gasteiger partial charge in [-0.3, -0.25) is 9.55 Å². The first kappa shape index (κ1) is 19.0. The van der Waals surface area contributed by atoms with Crippen LogP contribution in [0.25, 0.3) is 16.6 Å². The molecule has 1 aliphatic heterocycles. The summed E-state index contributed by atoms with van der Waals surface area (Å²) in [6, 6.07) is 10.6. The van der Waals surface area contributed by atoms with Crippen molar-refractivity contribution in [1.82, 2.24) is 34.9 Å². The monoisotopic (exact) mass is 401 g/mol. The number of nitrogens with one attached hydrogen (secondary N) is 2. The Labute approximate surface area is 176 Å². The molecule has 5 rings (SSSR count). The van der Waals surface area contributed by atoms with E-state index in [0.717, 1.165) is 37.7 Å². The summed E-state index contributed by atoms with van der Waals surface area (Å²) in [5, 5.41) is 12.7. The molecule has 1 saturated heterocycles. The van der Waals surface area contributed by atoms with Crippen molar-refractivity contribution < 1.29 is 0 Å². The summed E-state index contributed by atoms with van der Waals surface area (Å²) >= 11 is 0. The normalized spacial score (nSPS) is 17.1. The molecule has 30 heavy (non-hydrogen) atoms. The van der Waals surface area contributed by atoms with E-state index in [1.807, 2.05) is 23.0 Å². The van der Waals surface area contributed by atoms with Crippen LogP contribution >= 0.6 is 0 Å². The van der Waals surface area contributed by atoms with Crippen LogP contribution in [-0.4, -0.2) is 55.8 Å². The molecule has 1 atom stereocenters. The zero-order chi connectivity index (χ0) is 20.2. The largest absolute Gasteiger partial charge is 0.361 e. The summed E-state index contributed by atoms with van der Waals surface area (Å²) in [5.41, 5.74) is 4.89. The lowest BCUT2D eigenvalue weighted by atomic mass is 10.1. The smallest absolute Gasteiger partial charge is 0.123 e. The van der Waals surface area contributed by atoms with E-state index >= 15 is 0 Å². The zero-order valence-corrected chi connectivity index (χ0v) is 17.0. The quantitative estimate of drug-likeness (QED) is 0.475. The fraction of sp³-hybridized carbons (Fsp3) is 0.348. The van der Waals surface area contributed by atoms with Gasteiger partial charge in [-0.15, -0.1) is 10.2 Å². The Morgan fingerprint density at radius 1 is 1.17 bits per heavy atom. The molecule has 1 aromatic carbocycles. The maximum Gasteiger partial charge on any atom is 0.123 e. The highest BCUT2D eigenvalue weighted by Gasteiger charge is 2.22. The van der Waals surface area contributed by atoms with Gasteiger partial charge in [-0.05, 0) is 67.2 Å². The lowest BCUT2D eigenvalue weighted by Gasteiger charge is -2.16. The lowest BCUT2D eigenvalue weighted by molar-refractivity contribution is 0.326. The average molecular weight is 402 g/mol. The number of aromatic amines is 1. The highest BCUT2D eigenvalue weighted by Crippen LogP contribution is 2.23. The van der Waals surface area contributed by atoms with Gasteiger partial charge < -0.3 is 15.2 Å². The number of aromatic nitrogens is 5. The first-order valence-corrected chi connectivity index (χ1v) is 10.6. The second-order valence-corrected chi connectivity index (χ2v) is 8.11. The van der Waals surface area contributed by atoms with Gasteiger partial charge in [-0.1, -0.05) is 6.07 Å². The summed E-state index contributed by atoms with van der Waals surface area (Å²) in [6.07, 6.45) is 11.7. The van der Waals surface area contributed by atoms with E-state index in [4.69, 9.17) is 0 Å².